The molecule has 1 atom stereocenters. The van der Waals surface area contributed by atoms with E-state index in [0.29, 0.717) is 6.04 Å². The highest BCUT2D eigenvalue weighted by atomic mass is 15.2. The molecule has 0 bridgehead atoms. The molecule has 0 spiro atoms. The average molecular weight is 215 g/mol. The lowest BCUT2D eigenvalue weighted by molar-refractivity contribution is 0.507. The Morgan fingerprint density at radius 1 is 1.25 bits per heavy atom. The van der Waals surface area contributed by atoms with Crippen molar-refractivity contribution < 1.29 is 0 Å². The van der Waals surface area contributed by atoms with Crippen LogP contribution in [0.25, 0.3) is 10.9 Å². The minimum Gasteiger partial charge on any atom is -0.271 e. The third kappa shape index (κ3) is 2.38. The van der Waals surface area contributed by atoms with E-state index in [9.17, 15) is 0 Å². The van der Waals surface area contributed by atoms with Gasteiger partial charge in [0.05, 0.1) is 5.52 Å². The van der Waals surface area contributed by atoms with Crippen LogP contribution in [0.5, 0.6) is 0 Å². The summed E-state index contributed by atoms with van der Waals surface area (Å²) in [6.07, 6.45) is 1.88. The van der Waals surface area contributed by atoms with Crippen molar-refractivity contribution in [3.05, 3.63) is 42.1 Å². The molecule has 0 saturated heterocycles. The number of nitrogens with one attached hydrogen (secondary N) is 1. The number of nitrogens with zero attached hydrogens (tertiary/aromatic N) is 1. The Kier molecular flexibility index (Phi) is 3.49. The van der Waals surface area contributed by atoms with E-state index in [0.717, 1.165) is 24.1 Å². The molecule has 3 nitrogen and oxygen atoms in total. The van der Waals surface area contributed by atoms with Crippen molar-refractivity contribution in [2.45, 2.75) is 25.8 Å². The zero-order chi connectivity index (χ0) is 11.4. The Hall–Kier alpha value is -1.45. The molecule has 0 saturated carbocycles. The molecule has 1 aromatic carbocycles. The monoisotopic (exact) mass is 215 g/mol. The molecule has 3 heteroatoms. The molecule has 16 heavy (non-hydrogen) atoms. The Morgan fingerprint density at radius 3 is 2.81 bits per heavy atom. The van der Waals surface area contributed by atoms with Gasteiger partial charge in [-0.25, -0.2) is 0 Å². The first-order valence-electron chi connectivity index (χ1n) is 5.64. The zero-order valence-electron chi connectivity index (χ0n) is 9.48. The summed E-state index contributed by atoms with van der Waals surface area (Å²) in [7, 11) is 0. The van der Waals surface area contributed by atoms with Crippen molar-refractivity contribution in [2.24, 2.45) is 5.84 Å². The number of hydrogen-bond donors (Lipinski definition) is 2. The van der Waals surface area contributed by atoms with E-state index < -0.39 is 0 Å². The van der Waals surface area contributed by atoms with Crippen LogP contribution in [0.4, 0.5) is 0 Å². The van der Waals surface area contributed by atoms with Gasteiger partial charge in [0.15, 0.2) is 0 Å². The quantitative estimate of drug-likeness (QED) is 0.606. The predicted molar refractivity (Wildman–Crippen MR) is 66.8 cm³/mol. The average Bonchev–Trinajstić information content (AvgIpc) is 2.35. The summed E-state index contributed by atoms with van der Waals surface area (Å²) < 4.78 is 0. The molecule has 0 aliphatic carbocycles. The molecule has 0 radical (unpaired) electrons. The van der Waals surface area contributed by atoms with Crippen molar-refractivity contribution in [2.75, 3.05) is 0 Å². The first kappa shape index (κ1) is 11.0. The maximum absolute atomic E-state index is 5.47. The molecule has 2 aromatic rings. The molecule has 2 rings (SSSR count). The minimum atomic E-state index is 0.300. The van der Waals surface area contributed by atoms with E-state index in [-0.39, 0.29) is 0 Å². The lowest BCUT2D eigenvalue weighted by atomic mass is 10.1. The fraction of sp³-hybridized carbons (Fsp3) is 0.308. The second kappa shape index (κ2) is 5.05. The molecule has 0 aliphatic heterocycles. The Balaban J connectivity index is 2.25. The first-order valence-corrected chi connectivity index (χ1v) is 5.64. The Labute approximate surface area is 95.7 Å². The largest absolute Gasteiger partial charge is 0.271 e. The van der Waals surface area contributed by atoms with Crippen LogP contribution < -0.4 is 11.3 Å². The van der Waals surface area contributed by atoms with Gasteiger partial charge in [-0.2, -0.15) is 0 Å². The first-order chi connectivity index (χ1) is 7.83. The SMILES string of the molecule is CCC(Cc1ccc2ccccc2n1)NN. The van der Waals surface area contributed by atoms with E-state index in [1.807, 2.05) is 18.2 Å². The minimum absolute atomic E-state index is 0.300. The fourth-order valence-corrected chi connectivity index (χ4v) is 1.80. The topological polar surface area (TPSA) is 50.9 Å². The second-order valence-electron chi connectivity index (χ2n) is 3.97. The number of hydrazine groups is 1. The Morgan fingerprint density at radius 2 is 2.06 bits per heavy atom. The standard InChI is InChI=1S/C13H17N3/c1-2-11(16-14)9-12-8-7-10-5-3-4-6-13(10)15-12/h3-8,11,16H,2,9,14H2,1H3. The van der Waals surface area contributed by atoms with Crippen LogP contribution in [-0.2, 0) is 6.42 Å². The van der Waals surface area contributed by atoms with Crippen molar-refractivity contribution in [1.29, 1.82) is 0 Å². The number of fused-ring (bicyclic) bond motifs is 1. The predicted octanol–water partition coefficient (Wildman–Crippen LogP) is 2.02. The van der Waals surface area contributed by atoms with Crippen LogP contribution >= 0.6 is 0 Å². The number of benzene rings is 1. The zero-order valence-corrected chi connectivity index (χ0v) is 9.48. The van der Waals surface area contributed by atoms with Crippen LogP contribution in [0, 0.1) is 0 Å². The van der Waals surface area contributed by atoms with Gasteiger partial charge >= 0.3 is 0 Å². The number of nitrogens with two attached hydrogens (primary N) is 1. The van der Waals surface area contributed by atoms with Crippen LogP contribution in [0.15, 0.2) is 36.4 Å². The molecular weight excluding hydrogens is 198 g/mol. The maximum atomic E-state index is 5.47. The summed E-state index contributed by atoms with van der Waals surface area (Å²) in [6.45, 7) is 2.12. The smallest absolute Gasteiger partial charge is 0.0705 e. The van der Waals surface area contributed by atoms with E-state index in [1.165, 1.54) is 5.39 Å². The van der Waals surface area contributed by atoms with Crippen LogP contribution in [0.2, 0.25) is 0 Å². The van der Waals surface area contributed by atoms with Crippen LogP contribution in [0.3, 0.4) is 0 Å². The van der Waals surface area contributed by atoms with E-state index in [1.54, 1.807) is 0 Å². The summed E-state index contributed by atoms with van der Waals surface area (Å²) in [5.74, 6) is 5.47. The fourth-order valence-electron chi connectivity index (χ4n) is 1.80. The molecule has 3 N–H and O–H groups in total. The summed E-state index contributed by atoms with van der Waals surface area (Å²) in [5.41, 5.74) is 4.94. The van der Waals surface area contributed by atoms with Crippen LogP contribution in [-0.4, -0.2) is 11.0 Å². The number of para-hydroxylation sites is 1. The Bertz CT molecular complexity index is 463. The molecule has 0 amide bonds. The summed E-state index contributed by atoms with van der Waals surface area (Å²) >= 11 is 0. The second-order valence-corrected chi connectivity index (χ2v) is 3.97. The molecular formula is C13H17N3. The highest BCUT2D eigenvalue weighted by Gasteiger charge is 2.06. The van der Waals surface area contributed by atoms with E-state index >= 15 is 0 Å². The maximum Gasteiger partial charge on any atom is 0.0705 e. The molecule has 1 unspecified atom stereocenters. The summed E-state index contributed by atoms with van der Waals surface area (Å²) in [5, 5.41) is 1.18. The van der Waals surface area contributed by atoms with Crippen molar-refractivity contribution in [1.82, 2.24) is 10.4 Å². The number of aromatic nitrogens is 1. The van der Waals surface area contributed by atoms with Crippen molar-refractivity contribution >= 4 is 10.9 Å². The lowest BCUT2D eigenvalue weighted by Crippen LogP contribution is -2.36. The van der Waals surface area contributed by atoms with Gasteiger partial charge in [0.1, 0.15) is 0 Å². The van der Waals surface area contributed by atoms with Gasteiger partial charge in [-0.3, -0.25) is 16.3 Å². The van der Waals surface area contributed by atoms with Gasteiger partial charge in [-0.05, 0) is 18.6 Å². The number of hydrogen-bond acceptors (Lipinski definition) is 3. The van der Waals surface area contributed by atoms with Crippen LogP contribution in [0.1, 0.15) is 19.0 Å². The molecule has 1 aromatic heterocycles. The van der Waals surface area contributed by atoms with E-state index in [2.05, 4.69) is 35.5 Å². The third-order valence-electron chi connectivity index (χ3n) is 2.84. The molecule has 84 valence electrons. The summed E-state index contributed by atoms with van der Waals surface area (Å²) in [4.78, 5) is 4.62. The number of rotatable bonds is 4. The summed E-state index contributed by atoms with van der Waals surface area (Å²) in [6, 6.07) is 12.6. The molecule has 0 aliphatic rings. The highest BCUT2D eigenvalue weighted by molar-refractivity contribution is 5.78. The van der Waals surface area contributed by atoms with Gasteiger partial charge in [-0.1, -0.05) is 31.2 Å². The number of pyridine rings is 1. The molecule has 1 heterocycles. The normalized spacial score (nSPS) is 12.9. The third-order valence-corrected chi connectivity index (χ3v) is 2.84. The van der Waals surface area contributed by atoms with Gasteiger partial charge < -0.3 is 0 Å². The highest BCUT2D eigenvalue weighted by Crippen LogP contribution is 2.13. The molecule has 0 fully saturated rings. The van der Waals surface area contributed by atoms with Gasteiger partial charge in [-0.15, -0.1) is 0 Å². The van der Waals surface area contributed by atoms with Crippen molar-refractivity contribution in [3.63, 3.8) is 0 Å². The van der Waals surface area contributed by atoms with Gasteiger partial charge in [0.25, 0.3) is 0 Å². The van der Waals surface area contributed by atoms with Gasteiger partial charge in [0, 0.05) is 23.5 Å². The van der Waals surface area contributed by atoms with Gasteiger partial charge in [0.2, 0.25) is 0 Å². The van der Waals surface area contributed by atoms with E-state index in [4.69, 9.17) is 5.84 Å². The lowest BCUT2D eigenvalue weighted by Gasteiger charge is -2.12. The van der Waals surface area contributed by atoms with Crippen molar-refractivity contribution in [3.8, 4) is 0 Å².